The normalized spacial score (nSPS) is 10.1. The number of para-hydroxylation sites is 1. The standard InChI is InChI=1S/C18H21N3O5/c1-4-26-17-7-5-6-14(18(17)21(23)24)19-11-13-8-9-16(25-3)15(10-13)20-12(2)22/h5-10,19H,4,11H2,1-3H3,(H,20,22). The SMILES string of the molecule is CCOc1cccc(NCc2ccc(OC)c(NC(C)=O)c2)c1[N+](=O)[O-]. The quantitative estimate of drug-likeness (QED) is 0.552. The lowest BCUT2D eigenvalue weighted by Crippen LogP contribution is -2.09. The van der Waals surface area contributed by atoms with Gasteiger partial charge in [-0.15, -0.1) is 0 Å². The molecule has 0 atom stereocenters. The number of anilines is 2. The van der Waals surface area contributed by atoms with Gasteiger partial charge in [0.1, 0.15) is 11.4 Å². The van der Waals surface area contributed by atoms with Crippen LogP contribution < -0.4 is 20.1 Å². The minimum absolute atomic E-state index is 0.107. The second kappa shape index (κ2) is 8.70. The fourth-order valence-electron chi connectivity index (χ4n) is 2.47. The van der Waals surface area contributed by atoms with Crippen LogP contribution in [0.15, 0.2) is 36.4 Å². The van der Waals surface area contributed by atoms with E-state index < -0.39 is 4.92 Å². The van der Waals surface area contributed by atoms with Gasteiger partial charge in [-0.05, 0) is 36.8 Å². The summed E-state index contributed by atoms with van der Waals surface area (Å²) in [5, 5.41) is 17.2. The maximum absolute atomic E-state index is 11.4. The Morgan fingerprint density at radius 3 is 2.58 bits per heavy atom. The molecule has 0 aliphatic heterocycles. The van der Waals surface area contributed by atoms with Crippen LogP contribution in [0.2, 0.25) is 0 Å². The van der Waals surface area contributed by atoms with Gasteiger partial charge in [-0.3, -0.25) is 14.9 Å². The van der Waals surface area contributed by atoms with Gasteiger partial charge in [0.2, 0.25) is 5.91 Å². The van der Waals surface area contributed by atoms with Crippen molar-refractivity contribution in [1.82, 2.24) is 0 Å². The van der Waals surface area contributed by atoms with E-state index in [2.05, 4.69) is 10.6 Å². The molecule has 0 saturated heterocycles. The van der Waals surface area contributed by atoms with Gasteiger partial charge in [0.15, 0.2) is 5.75 Å². The highest BCUT2D eigenvalue weighted by molar-refractivity contribution is 5.90. The zero-order chi connectivity index (χ0) is 19.1. The first-order valence-electron chi connectivity index (χ1n) is 8.04. The van der Waals surface area contributed by atoms with E-state index in [1.807, 2.05) is 6.07 Å². The molecule has 0 aliphatic rings. The van der Waals surface area contributed by atoms with Gasteiger partial charge in [0.25, 0.3) is 0 Å². The van der Waals surface area contributed by atoms with Crippen molar-refractivity contribution >= 4 is 23.0 Å². The Morgan fingerprint density at radius 2 is 1.96 bits per heavy atom. The van der Waals surface area contributed by atoms with Crippen LogP contribution in [-0.4, -0.2) is 24.5 Å². The number of benzene rings is 2. The summed E-state index contributed by atoms with van der Waals surface area (Å²) in [4.78, 5) is 22.3. The van der Waals surface area contributed by atoms with Crippen LogP contribution in [0.3, 0.4) is 0 Å². The van der Waals surface area contributed by atoms with E-state index in [1.165, 1.54) is 14.0 Å². The van der Waals surface area contributed by atoms with Gasteiger partial charge in [-0.2, -0.15) is 0 Å². The molecule has 2 N–H and O–H groups in total. The number of ether oxygens (including phenoxy) is 2. The second-order valence-electron chi connectivity index (χ2n) is 5.41. The average molecular weight is 359 g/mol. The molecule has 0 spiro atoms. The predicted molar refractivity (Wildman–Crippen MR) is 98.9 cm³/mol. The van der Waals surface area contributed by atoms with E-state index in [0.717, 1.165) is 5.56 Å². The van der Waals surface area contributed by atoms with Crippen LogP contribution in [0.5, 0.6) is 11.5 Å². The predicted octanol–water partition coefficient (Wildman–Crippen LogP) is 3.57. The fourth-order valence-corrected chi connectivity index (χ4v) is 2.47. The number of nitro benzene ring substituents is 1. The third-order valence-corrected chi connectivity index (χ3v) is 3.54. The van der Waals surface area contributed by atoms with Crippen LogP contribution in [0.1, 0.15) is 19.4 Å². The molecule has 2 aromatic carbocycles. The second-order valence-corrected chi connectivity index (χ2v) is 5.41. The first-order chi connectivity index (χ1) is 12.5. The molecule has 0 heterocycles. The van der Waals surface area contributed by atoms with E-state index in [4.69, 9.17) is 9.47 Å². The monoisotopic (exact) mass is 359 g/mol. The van der Waals surface area contributed by atoms with Crippen molar-refractivity contribution in [3.8, 4) is 11.5 Å². The van der Waals surface area contributed by atoms with Crippen LogP contribution in [0.25, 0.3) is 0 Å². The van der Waals surface area contributed by atoms with Crippen molar-refractivity contribution in [3.63, 3.8) is 0 Å². The van der Waals surface area contributed by atoms with Crippen molar-refractivity contribution in [3.05, 3.63) is 52.1 Å². The van der Waals surface area contributed by atoms with Crippen molar-refractivity contribution in [1.29, 1.82) is 0 Å². The lowest BCUT2D eigenvalue weighted by atomic mass is 10.1. The number of nitrogens with zero attached hydrogens (tertiary/aromatic N) is 1. The number of carbonyl (C=O) groups is 1. The highest BCUT2D eigenvalue weighted by Gasteiger charge is 2.20. The molecule has 0 unspecified atom stereocenters. The first kappa shape index (κ1) is 19.0. The van der Waals surface area contributed by atoms with Crippen LogP contribution in [0, 0.1) is 10.1 Å². The molecule has 0 aliphatic carbocycles. The molecule has 1 amide bonds. The average Bonchev–Trinajstić information content (AvgIpc) is 2.59. The minimum atomic E-state index is -0.468. The van der Waals surface area contributed by atoms with E-state index >= 15 is 0 Å². The Bertz CT molecular complexity index is 807. The number of nitrogens with one attached hydrogen (secondary N) is 2. The highest BCUT2D eigenvalue weighted by atomic mass is 16.6. The Balaban J connectivity index is 2.25. The molecule has 8 nitrogen and oxygen atoms in total. The Labute approximate surface area is 151 Å². The smallest absolute Gasteiger partial charge is 0.333 e. The summed E-state index contributed by atoms with van der Waals surface area (Å²) in [5.41, 5.74) is 1.62. The molecule has 26 heavy (non-hydrogen) atoms. The fraction of sp³-hybridized carbons (Fsp3) is 0.278. The topological polar surface area (TPSA) is 103 Å². The summed E-state index contributed by atoms with van der Waals surface area (Å²) < 4.78 is 10.6. The molecule has 0 fully saturated rings. The molecule has 8 heteroatoms. The number of carbonyl (C=O) groups excluding carboxylic acids is 1. The number of nitro groups is 1. The van der Waals surface area contributed by atoms with Gasteiger partial charge in [-0.25, -0.2) is 0 Å². The summed E-state index contributed by atoms with van der Waals surface area (Å²) in [6, 6.07) is 10.2. The Hall–Kier alpha value is -3.29. The largest absolute Gasteiger partial charge is 0.495 e. The summed E-state index contributed by atoms with van der Waals surface area (Å²) in [7, 11) is 1.52. The Morgan fingerprint density at radius 1 is 1.19 bits per heavy atom. The lowest BCUT2D eigenvalue weighted by Gasteiger charge is -2.13. The van der Waals surface area contributed by atoms with Crippen molar-refractivity contribution in [2.75, 3.05) is 24.4 Å². The van der Waals surface area contributed by atoms with Crippen LogP contribution in [-0.2, 0) is 11.3 Å². The van der Waals surface area contributed by atoms with Crippen molar-refractivity contribution in [2.45, 2.75) is 20.4 Å². The number of amides is 1. The summed E-state index contributed by atoms with van der Waals surface area (Å²) >= 11 is 0. The Kier molecular flexibility index (Phi) is 6.37. The molecule has 0 radical (unpaired) electrons. The third kappa shape index (κ3) is 4.62. The van der Waals surface area contributed by atoms with E-state index in [9.17, 15) is 14.9 Å². The summed E-state index contributed by atoms with van der Waals surface area (Å²) in [5.74, 6) is 0.540. The summed E-state index contributed by atoms with van der Waals surface area (Å²) in [6.45, 7) is 3.84. The first-order valence-corrected chi connectivity index (χ1v) is 8.04. The van der Waals surface area contributed by atoms with Gasteiger partial charge >= 0.3 is 5.69 Å². The van der Waals surface area contributed by atoms with Crippen LogP contribution >= 0.6 is 0 Å². The molecular weight excluding hydrogens is 338 g/mol. The molecular formula is C18H21N3O5. The molecule has 0 aromatic heterocycles. The molecule has 2 aromatic rings. The maximum Gasteiger partial charge on any atom is 0.333 e. The van der Waals surface area contributed by atoms with Crippen LogP contribution in [0.4, 0.5) is 17.1 Å². The molecule has 0 bridgehead atoms. The van der Waals surface area contributed by atoms with Crippen molar-refractivity contribution < 1.29 is 19.2 Å². The van der Waals surface area contributed by atoms with E-state index in [1.54, 1.807) is 37.3 Å². The van der Waals surface area contributed by atoms with E-state index in [-0.39, 0.29) is 17.3 Å². The number of hydrogen-bond donors (Lipinski definition) is 2. The summed E-state index contributed by atoms with van der Waals surface area (Å²) in [6.07, 6.45) is 0. The molecule has 2 rings (SSSR count). The zero-order valence-electron chi connectivity index (χ0n) is 14.9. The minimum Gasteiger partial charge on any atom is -0.495 e. The van der Waals surface area contributed by atoms with Gasteiger partial charge < -0.3 is 20.1 Å². The lowest BCUT2D eigenvalue weighted by molar-refractivity contribution is -0.384. The van der Waals surface area contributed by atoms with Crippen molar-refractivity contribution in [2.24, 2.45) is 0 Å². The van der Waals surface area contributed by atoms with Gasteiger partial charge in [0, 0.05) is 13.5 Å². The van der Waals surface area contributed by atoms with E-state index in [0.29, 0.717) is 30.3 Å². The number of hydrogen-bond acceptors (Lipinski definition) is 6. The number of rotatable bonds is 8. The van der Waals surface area contributed by atoms with Gasteiger partial charge in [-0.1, -0.05) is 12.1 Å². The maximum atomic E-state index is 11.4. The van der Waals surface area contributed by atoms with Gasteiger partial charge in [0.05, 0.1) is 24.3 Å². The number of methoxy groups -OCH3 is 1. The molecule has 138 valence electrons. The zero-order valence-corrected chi connectivity index (χ0v) is 14.9. The third-order valence-electron chi connectivity index (χ3n) is 3.54. The molecule has 0 saturated carbocycles. The highest BCUT2D eigenvalue weighted by Crippen LogP contribution is 2.35.